The van der Waals surface area contributed by atoms with Crippen molar-refractivity contribution in [2.75, 3.05) is 38.2 Å². The van der Waals surface area contributed by atoms with Crippen LogP contribution in [0.25, 0.3) is 0 Å². The molecular weight excluding hydrogens is 224 g/mol. The number of hydrogen-bond donors (Lipinski definition) is 1. The van der Waals surface area contributed by atoms with E-state index in [-0.39, 0.29) is 0 Å². The van der Waals surface area contributed by atoms with Crippen molar-refractivity contribution in [1.82, 2.24) is 4.90 Å². The molecule has 0 saturated carbocycles. The third kappa shape index (κ3) is 2.13. The van der Waals surface area contributed by atoms with Gasteiger partial charge in [-0.2, -0.15) is 0 Å². The first kappa shape index (κ1) is 12.0. The summed E-state index contributed by atoms with van der Waals surface area (Å²) in [5, 5.41) is 3.57. The Morgan fingerprint density at radius 1 is 1.22 bits per heavy atom. The van der Waals surface area contributed by atoms with E-state index in [2.05, 4.69) is 36.2 Å². The first-order valence-electron chi connectivity index (χ1n) is 6.92. The molecule has 2 heterocycles. The summed E-state index contributed by atoms with van der Waals surface area (Å²) in [5.41, 5.74) is 5.60. The van der Waals surface area contributed by atoms with E-state index >= 15 is 0 Å². The summed E-state index contributed by atoms with van der Waals surface area (Å²) in [6, 6.07) is 5.20. The highest BCUT2D eigenvalue weighted by Crippen LogP contribution is 2.37. The van der Waals surface area contributed by atoms with E-state index in [1.807, 2.05) is 0 Å². The molecule has 3 rings (SSSR count). The van der Waals surface area contributed by atoms with Gasteiger partial charge in [-0.3, -0.25) is 4.90 Å². The van der Waals surface area contributed by atoms with Crippen molar-refractivity contribution in [3.63, 3.8) is 0 Å². The first-order valence-corrected chi connectivity index (χ1v) is 6.92. The number of fused-ring (bicyclic) bond motifs is 1. The highest BCUT2D eigenvalue weighted by molar-refractivity contribution is 5.61. The van der Waals surface area contributed by atoms with Crippen LogP contribution >= 0.6 is 0 Å². The van der Waals surface area contributed by atoms with Crippen LogP contribution in [-0.2, 0) is 4.74 Å². The van der Waals surface area contributed by atoms with Gasteiger partial charge in [0.1, 0.15) is 0 Å². The van der Waals surface area contributed by atoms with Gasteiger partial charge in [-0.25, -0.2) is 0 Å². The minimum Gasteiger partial charge on any atom is -0.384 e. The number of morpholine rings is 1. The summed E-state index contributed by atoms with van der Waals surface area (Å²) < 4.78 is 5.47. The normalized spacial score (nSPS) is 24.4. The van der Waals surface area contributed by atoms with Crippen LogP contribution in [0.4, 0.5) is 5.69 Å². The Bertz CT molecular complexity index is 438. The number of ether oxygens (including phenoxy) is 1. The fourth-order valence-electron chi connectivity index (χ4n) is 3.26. The Hall–Kier alpha value is -1.06. The molecule has 0 bridgehead atoms. The van der Waals surface area contributed by atoms with Gasteiger partial charge >= 0.3 is 0 Å². The van der Waals surface area contributed by atoms with Gasteiger partial charge in [0.2, 0.25) is 0 Å². The summed E-state index contributed by atoms with van der Waals surface area (Å²) in [4.78, 5) is 2.59. The molecule has 2 aliphatic rings. The zero-order valence-corrected chi connectivity index (χ0v) is 11.3. The smallest absolute Gasteiger partial charge is 0.0594 e. The van der Waals surface area contributed by atoms with Crippen LogP contribution in [0.15, 0.2) is 12.1 Å². The maximum Gasteiger partial charge on any atom is 0.0594 e. The molecule has 1 N–H and O–H groups in total. The van der Waals surface area contributed by atoms with Crippen LogP contribution in [0.1, 0.15) is 29.2 Å². The van der Waals surface area contributed by atoms with Gasteiger partial charge in [0.15, 0.2) is 0 Å². The van der Waals surface area contributed by atoms with Crippen LogP contribution in [0.3, 0.4) is 0 Å². The van der Waals surface area contributed by atoms with Crippen LogP contribution in [0, 0.1) is 13.8 Å². The molecule has 1 saturated heterocycles. The number of nitrogens with one attached hydrogen (secondary N) is 1. The molecule has 0 radical (unpaired) electrons. The summed E-state index contributed by atoms with van der Waals surface area (Å²) in [6.45, 7) is 9.38. The number of rotatable bonds is 1. The number of aryl methyl sites for hydroxylation is 2. The minimum atomic E-state index is 0.573. The molecule has 3 heteroatoms. The van der Waals surface area contributed by atoms with Gasteiger partial charge in [0, 0.05) is 31.4 Å². The number of anilines is 1. The molecule has 3 nitrogen and oxygen atoms in total. The van der Waals surface area contributed by atoms with E-state index in [9.17, 15) is 0 Å². The average Bonchev–Trinajstić information content (AvgIpc) is 2.39. The molecule has 98 valence electrons. The van der Waals surface area contributed by atoms with Gasteiger partial charge in [-0.15, -0.1) is 0 Å². The third-order valence-electron chi connectivity index (χ3n) is 4.08. The molecule has 1 atom stereocenters. The van der Waals surface area contributed by atoms with E-state index < -0.39 is 0 Å². The molecule has 0 spiro atoms. The predicted octanol–water partition coefficient (Wildman–Crippen LogP) is 2.49. The van der Waals surface area contributed by atoms with Gasteiger partial charge in [-0.05, 0) is 31.4 Å². The van der Waals surface area contributed by atoms with Gasteiger partial charge in [0.25, 0.3) is 0 Å². The second-order valence-corrected chi connectivity index (χ2v) is 5.43. The highest BCUT2D eigenvalue weighted by atomic mass is 16.5. The molecule has 1 aromatic carbocycles. The molecule has 18 heavy (non-hydrogen) atoms. The lowest BCUT2D eigenvalue weighted by atomic mass is 9.92. The molecule has 0 aliphatic carbocycles. The fraction of sp³-hybridized carbons (Fsp3) is 0.600. The zero-order chi connectivity index (χ0) is 12.5. The number of hydrogen-bond acceptors (Lipinski definition) is 3. The van der Waals surface area contributed by atoms with Crippen molar-refractivity contribution in [2.24, 2.45) is 0 Å². The lowest BCUT2D eigenvalue weighted by Crippen LogP contribution is -2.41. The van der Waals surface area contributed by atoms with Crippen LogP contribution in [-0.4, -0.2) is 37.7 Å². The summed E-state index contributed by atoms with van der Waals surface area (Å²) in [7, 11) is 0. The SMILES string of the molecule is Cc1cc(C)c2c(c1)C(N1CCOCC1)CCN2. The van der Waals surface area contributed by atoms with E-state index in [1.54, 1.807) is 0 Å². The minimum absolute atomic E-state index is 0.573. The van der Waals surface area contributed by atoms with Crippen molar-refractivity contribution >= 4 is 5.69 Å². The summed E-state index contributed by atoms with van der Waals surface area (Å²) >= 11 is 0. The maximum absolute atomic E-state index is 5.47. The topological polar surface area (TPSA) is 24.5 Å². The molecule has 2 aliphatic heterocycles. The standard InChI is InChI=1S/C15H22N2O/c1-11-9-12(2)15-13(10-11)14(3-4-16-15)17-5-7-18-8-6-17/h9-10,14,16H,3-8H2,1-2H3. The molecule has 1 aromatic rings. The molecule has 0 amide bonds. The predicted molar refractivity (Wildman–Crippen MR) is 74.2 cm³/mol. The van der Waals surface area contributed by atoms with E-state index in [0.717, 1.165) is 32.8 Å². The molecule has 1 unspecified atom stereocenters. The summed E-state index contributed by atoms with van der Waals surface area (Å²) in [6.07, 6.45) is 1.20. The Labute approximate surface area is 109 Å². The van der Waals surface area contributed by atoms with Crippen LogP contribution < -0.4 is 5.32 Å². The Morgan fingerprint density at radius 3 is 2.78 bits per heavy atom. The monoisotopic (exact) mass is 246 g/mol. The second-order valence-electron chi connectivity index (χ2n) is 5.43. The van der Waals surface area contributed by atoms with Crippen molar-refractivity contribution in [3.8, 4) is 0 Å². The zero-order valence-electron chi connectivity index (χ0n) is 11.3. The van der Waals surface area contributed by atoms with Crippen molar-refractivity contribution < 1.29 is 4.74 Å². The fourth-order valence-corrected chi connectivity index (χ4v) is 3.26. The quantitative estimate of drug-likeness (QED) is 0.824. The van der Waals surface area contributed by atoms with Crippen molar-refractivity contribution in [1.29, 1.82) is 0 Å². The Kier molecular flexibility index (Phi) is 3.27. The van der Waals surface area contributed by atoms with Crippen LogP contribution in [0.5, 0.6) is 0 Å². The second kappa shape index (κ2) is 4.90. The van der Waals surface area contributed by atoms with E-state index in [1.165, 1.54) is 28.8 Å². The molecule has 1 fully saturated rings. The maximum atomic E-state index is 5.47. The average molecular weight is 246 g/mol. The number of nitrogens with zero attached hydrogens (tertiary/aromatic N) is 1. The van der Waals surface area contributed by atoms with Gasteiger partial charge in [0.05, 0.1) is 13.2 Å². The van der Waals surface area contributed by atoms with Gasteiger partial charge < -0.3 is 10.1 Å². The van der Waals surface area contributed by atoms with Crippen molar-refractivity contribution in [3.05, 3.63) is 28.8 Å². The van der Waals surface area contributed by atoms with Gasteiger partial charge in [-0.1, -0.05) is 17.7 Å². The highest BCUT2D eigenvalue weighted by Gasteiger charge is 2.27. The lowest BCUT2D eigenvalue weighted by Gasteiger charge is -2.39. The van der Waals surface area contributed by atoms with Crippen molar-refractivity contribution in [2.45, 2.75) is 26.3 Å². The van der Waals surface area contributed by atoms with E-state index in [4.69, 9.17) is 4.74 Å². The molecule has 0 aromatic heterocycles. The largest absolute Gasteiger partial charge is 0.384 e. The van der Waals surface area contributed by atoms with E-state index in [0.29, 0.717) is 6.04 Å². The summed E-state index contributed by atoms with van der Waals surface area (Å²) in [5.74, 6) is 0. The Morgan fingerprint density at radius 2 is 2.00 bits per heavy atom. The first-order chi connectivity index (χ1) is 8.75. The lowest BCUT2D eigenvalue weighted by molar-refractivity contribution is 0.0144. The molecular formula is C15H22N2O. The Balaban J connectivity index is 1.95. The van der Waals surface area contributed by atoms with Crippen LogP contribution in [0.2, 0.25) is 0 Å². The third-order valence-corrected chi connectivity index (χ3v) is 4.08. The number of benzene rings is 1.